The van der Waals surface area contributed by atoms with Crippen LogP contribution in [0, 0.1) is 27.7 Å². The van der Waals surface area contributed by atoms with Crippen LogP contribution in [0.2, 0.25) is 10.0 Å². The number of carboxylic acids is 1. The third-order valence-electron chi connectivity index (χ3n) is 10.4. The van der Waals surface area contributed by atoms with Gasteiger partial charge in [0.2, 0.25) is 0 Å². The molecule has 1 aliphatic heterocycles. The second-order valence-corrected chi connectivity index (χ2v) is 14.5. The molecule has 0 saturated carbocycles. The van der Waals surface area contributed by atoms with E-state index in [4.69, 9.17) is 37.8 Å². The summed E-state index contributed by atoms with van der Waals surface area (Å²) in [4.78, 5) is 29.0. The van der Waals surface area contributed by atoms with Crippen LogP contribution in [0.25, 0.3) is 32.9 Å². The van der Waals surface area contributed by atoms with Gasteiger partial charge in [0, 0.05) is 71.4 Å². The lowest BCUT2D eigenvalue weighted by molar-refractivity contribution is 0.0686. The van der Waals surface area contributed by atoms with E-state index in [-0.39, 0.29) is 17.6 Å². The van der Waals surface area contributed by atoms with Crippen LogP contribution in [-0.2, 0) is 20.5 Å². The van der Waals surface area contributed by atoms with Gasteiger partial charge in [-0.15, -0.1) is 0 Å². The van der Waals surface area contributed by atoms with Gasteiger partial charge in [0.25, 0.3) is 5.91 Å². The van der Waals surface area contributed by atoms with Gasteiger partial charge in [0.15, 0.2) is 0 Å². The number of carbonyl (C=O) groups excluding carboxylic acids is 1. The number of nitrogens with zero attached hydrogens (tertiary/aromatic N) is 5. The van der Waals surface area contributed by atoms with Crippen molar-refractivity contribution in [2.75, 3.05) is 25.2 Å². The maximum atomic E-state index is 15.1. The average molecular weight is 743 g/mol. The van der Waals surface area contributed by atoms with E-state index < -0.39 is 5.97 Å². The van der Waals surface area contributed by atoms with Gasteiger partial charge in [-0.2, -0.15) is 5.10 Å². The minimum atomic E-state index is -1.05. The number of aromatic nitrogens is 4. The number of amides is 1. The number of hydrogen-bond acceptors (Lipinski definition) is 5. The zero-order valence-corrected chi connectivity index (χ0v) is 32.0. The number of halogens is 2. The van der Waals surface area contributed by atoms with Crippen LogP contribution in [0.3, 0.4) is 0 Å². The highest BCUT2D eigenvalue weighted by Gasteiger charge is 2.38. The Morgan fingerprint density at radius 1 is 0.981 bits per heavy atom. The third-order valence-corrected chi connectivity index (χ3v) is 11.3. The quantitative estimate of drug-likeness (QED) is 0.148. The molecule has 270 valence electrons. The Hall–Kier alpha value is -4.93. The minimum Gasteiger partial charge on any atom is -0.497 e. The molecule has 3 aromatic carbocycles. The van der Waals surface area contributed by atoms with E-state index in [9.17, 15) is 9.90 Å². The van der Waals surface area contributed by atoms with Gasteiger partial charge in [-0.05, 0) is 88.4 Å². The van der Waals surface area contributed by atoms with Crippen LogP contribution in [-0.4, -0.2) is 56.2 Å². The Labute approximate surface area is 312 Å². The molecular formula is C40H41Cl2N5O5. The van der Waals surface area contributed by atoms with Crippen LogP contribution >= 0.6 is 23.2 Å². The lowest BCUT2D eigenvalue weighted by atomic mass is 9.98. The predicted molar refractivity (Wildman–Crippen MR) is 206 cm³/mol. The normalized spacial score (nSPS) is 14.5. The van der Waals surface area contributed by atoms with Crippen molar-refractivity contribution < 1.29 is 24.2 Å². The van der Waals surface area contributed by atoms with Crippen molar-refractivity contribution in [1.82, 2.24) is 18.9 Å². The first-order valence-electron chi connectivity index (χ1n) is 17.2. The SMILES string of the molecule is COc1cc(N2C[C@@H](C)n3c(c(CCCOc4cc(C)c(Cl)c(C)c4)c4ccc(Cl)c(-c5c(C)nn(C)c5C)c43)C2=O)c2cc(C(=O)O)n(C)c2c1. The maximum Gasteiger partial charge on any atom is 0.352 e. The molecule has 12 heteroatoms. The molecule has 0 saturated heterocycles. The summed E-state index contributed by atoms with van der Waals surface area (Å²) < 4.78 is 17.5. The van der Waals surface area contributed by atoms with Crippen molar-refractivity contribution in [2.24, 2.45) is 14.1 Å². The van der Waals surface area contributed by atoms with E-state index in [2.05, 4.69) is 11.5 Å². The Morgan fingerprint density at radius 2 is 1.69 bits per heavy atom. The van der Waals surface area contributed by atoms with Crippen LogP contribution < -0.4 is 14.4 Å². The number of ether oxygens (including phenoxy) is 2. The summed E-state index contributed by atoms with van der Waals surface area (Å²) in [6.45, 7) is 10.8. The van der Waals surface area contributed by atoms with Crippen molar-refractivity contribution in [3.8, 4) is 22.6 Å². The summed E-state index contributed by atoms with van der Waals surface area (Å²) in [6, 6.07) is 12.8. The van der Waals surface area contributed by atoms with E-state index in [0.29, 0.717) is 59.0 Å². The molecule has 4 heterocycles. The summed E-state index contributed by atoms with van der Waals surface area (Å²) in [5.41, 5.74) is 9.25. The largest absolute Gasteiger partial charge is 0.497 e. The molecule has 0 aliphatic carbocycles. The molecule has 1 aliphatic rings. The van der Waals surface area contributed by atoms with Gasteiger partial charge >= 0.3 is 5.97 Å². The number of aromatic carboxylic acids is 1. The third kappa shape index (κ3) is 5.60. The van der Waals surface area contributed by atoms with E-state index in [1.54, 1.807) is 35.8 Å². The van der Waals surface area contributed by atoms with E-state index in [1.807, 2.05) is 69.8 Å². The number of benzene rings is 3. The zero-order chi connectivity index (χ0) is 37.3. The van der Waals surface area contributed by atoms with Crippen molar-refractivity contribution in [3.63, 3.8) is 0 Å². The Kier molecular flexibility index (Phi) is 9.03. The number of hydrogen-bond donors (Lipinski definition) is 1. The highest BCUT2D eigenvalue weighted by atomic mass is 35.5. The zero-order valence-electron chi connectivity index (χ0n) is 30.5. The van der Waals surface area contributed by atoms with Gasteiger partial charge in [0.1, 0.15) is 22.9 Å². The summed E-state index contributed by atoms with van der Waals surface area (Å²) in [6.07, 6.45) is 1.20. The second kappa shape index (κ2) is 13.2. The molecule has 52 heavy (non-hydrogen) atoms. The van der Waals surface area contributed by atoms with Gasteiger partial charge in [-0.1, -0.05) is 29.3 Å². The molecule has 1 N–H and O–H groups in total. The molecular weight excluding hydrogens is 701 g/mol. The van der Waals surface area contributed by atoms with E-state index in [0.717, 1.165) is 60.9 Å². The van der Waals surface area contributed by atoms with Crippen LogP contribution in [0.15, 0.2) is 42.5 Å². The highest BCUT2D eigenvalue weighted by Crippen LogP contribution is 2.46. The van der Waals surface area contributed by atoms with Crippen molar-refractivity contribution >= 4 is 62.6 Å². The smallest absolute Gasteiger partial charge is 0.352 e. The second-order valence-electron chi connectivity index (χ2n) is 13.7. The predicted octanol–water partition coefficient (Wildman–Crippen LogP) is 9.01. The number of carbonyl (C=O) groups is 2. The molecule has 0 unspecified atom stereocenters. The van der Waals surface area contributed by atoms with Crippen LogP contribution in [0.4, 0.5) is 5.69 Å². The van der Waals surface area contributed by atoms with Crippen molar-refractivity contribution in [1.29, 1.82) is 0 Å². The molecule has 0 radical (unpaired) electrons. The average Bonchev–Trinajstić information content (AvgIpc) is 3.71. The molecule has 3 aromatic heterocycles. The summed E-state index contributed by atoms with van der Waals surface area (Å²) >= 11 is 13.5. The fraction of sp³-hybridized carbons (Fsp3) is 0.325. The van der Waals surface area contributed by atoms with Gasteiger partial charge in [0.05, 0.1) is 41.2 Å². The molecule has 0 spiro atoms. The number of rotatable bonds is 9. The molecule has 0 bridgehead atoms. The standard InChI is InChI=1S/C40H41Cl2N5O5/c1-20-14-26(15-21(2)36(20)42)52-13-9-10-27-28-11-12-30(41)35(34-23(4)43-45(7)24(34)5)37(28)47-22(3)19-46(39(48)38(27)47)32-17-25(51-8)16-31-29(32)18-33(40(49)50)44(31)6/h11-12,14-18,22H,9-10,13,19H2,1-8H3,(H,49,50)/t22-/m1/s1. The van der Waals surface area contributed by atoms with Gasteiger partial charge < -0.3 is 28.6 Å². The van der Waals surface area contributed by atoms with Gasteiger partial charge in [-0.3, -0.25) is 9.48 Å². The number of methoxy groups -OCH3 is 1. The summed E-state index contributed by atoms with van der Waals surface area (Å²) in [7, 11) is 5.18. The minimum absolute atomic E-state index is 0.115. The molecule has 6 aromatic rings. The number of fused-ring (bicyclic) bond motifs is 4. The Bertz CT molecular complexity index is 2430. The Balaban J connectivity index is 1.40. The first-order chi connectivity index (χ1) is 24.7. The number of aryl methyl sites for hydroxylation is 6. The first kappa shape index (κ1) is 35.5. The maximum absolute atomic E-state index is 15.1. The lowest BCUT2D eigenvalue weighted by Crippen LogP contribution is -2.42. The van der Waals surface area contributed by atoms with Crippen molar-refractivity contribution in [2.45, 2.75) is 53.5 Å². The fourth-order valence-corrected chi connectivity index (χ4v) is 8.23. The summed E-state index contributed by atoms with van der Waals surface area (Å²) in [5, 5.41) is 17.6. The molecule has 1 amide bonds. The van der Waals surface area contributed by atoms with E-state index >= 15 is 4.79 Å². The molecule has 10 nitrogen and oxygen atoms in total. The molecule has 1 atom stereocenters. The van der Waals surface area contributed by atoms with Crippen LogP contribution in [0.5, 0.6) is 11.5 Å². The molecule has 0 fully saturated rings. The summed E-state index contributed by atoms with van der Waals surface area (Å²) in [5.74, 6) is 0.0298. The topological polar surface area (TPSA) is 104 Å². The van der Waals surface area contributed by atoms with E-state index in [1.165, 1.54) is 0 Å². The number of anilines is 1. The first-order valence-corrected chi connectivity index (χ1v) is 18.0. The Morgan fingerprint density at radius 3 is 2.33 bits per heavy atom. The van der Waals surface area contributed by atoms with Crippen molar-refractivity contribution in [3.05, 3.63) is 92.0 Å². The van der Waals surface area contributed by atoms with Gasteiger partial charge in [-0.25, -0.2) is 4.79 Å². The highest BCUT2D eigenvalue weighted by molar-refractivity contribution is 6.35. The molecule has 7 rings (SSSR count). The van der Waals surface area contributed by atoms with Crippen LogP contribution in [0.1, 0.15) is 68.4 Å². The lowest BCUT2D eigenvalue weighted by Gasteiger charge is -2.35. The fourth-order valence-electron chi connectivity index (χ4n) is 7.87. The number of carboxylic acid groups (broad SMARTS) is 1. The monoisotopic (exact) mass is 741 g/mol.